The van der Waals surface area contributed by atoms with Crippen molar-refractivity contribution >= 4 is 49.8 Å². The van der Waals surface area contributed by atoms with Crippen molar-refractivity contribution in [2.24, 2.45) is 0 Å². The molecule has 2 heteroatoms. The molecule has 0 aliphatic heterocycles. The zero-order valence-electron chi connectivity index (χ0n) is 30.1. The molecular weight excluding hydrogens is 667 g/mol. The van der Waals surface area contributed by atoms with Gasteiger partial charge in [0.05, 0.1) is 5.41 Å². The summed E-state index contributed by atoms with van der Waals surface area (Å²) in [6.07, 6.45) is 0. The molecule has 2 nitrogen and oxygen atoms in total. The summed E-state index contributed by atoms with van der Waals surface area (Å²) < 4.78 is 6.67. The summed E-state index contributed by atoms with van der Waals surface area (Å²) in [4.78, 5) is 2.39. The fourth-order valence-electron chi connectivity index (χ4n) is 9.22. The summed E-state index contributed by atoms with van der Waals surface area (Å²) in [5.74, 6) is 0. The molecule has 1 heterocycles. The molecular formula is C53H35NO. The van der Waals surface area contributed by atoms with Crippen LogP contribution in [0.25, 0.3) is 55.0 Å². The number of nitrogens with zero attached hydrogens (tertiary/aromatic N) is 1. The van der Waals surface area contributed by atoms with Crippen molar-refractivity contribution in [3.05, 3.63) is 235 Å². The second-order valence-electron chi connectivity index (χ2n) is 14.4. The molecule has 0 spiro atoms. The molecule has 0 N–H and O–H groups in total. The molecule has 0 radical (unpaired) electrons. The Kier molecular flexibility index (Phi) is 7.11. The first-order valence-electron chi connectivity index (χ1n) is 18.9. The van der Waals surface area contributed by atoms with Crippen molar-refractivity contribution in [3.63, 3.8) is 0 Å². The molecule has 55 heavy (non-hydrogen) atoms. The van der Waals surface area contributed by atoms with Crippen LogP contribution in [0, 0.1) is 0 Å². The second-order valence-corrected chi connectivity index (χ2v) is 14.4. The Morgan fingerprint density at radius 3 is 1.64 bits per heavy atom. The van der Waals surface area contributed by atoms with Gasteiger partial charge in [0.25, 0.3) is 0 Å². The van der Waals surface area contributed by atoms with Crippen LogP contribution in [-0.4, -0.2) is 0 Å². The van der Waals surface area contributed by atoms with Crippen molar-refractivity contribution in [3.8, 4) is 22.3 Å². The lowest BCUT2D eigenvalue weighted by molar-refractivity contribution is 0.669. The van der Waals surface area contributed by atoms with Gasteiger partial charge in [0, 0.05) is 27.8 Å². The molecule has 1 aliphatic rings. The number of hydrogen-bond acceptors (Lipinski definition) is 2. The SMILES string of the molecule is c1ccc(-c2cc3oc4ccc(N(c5ccccc5)c5ccc6c(c5)C(c5ccccc5)(c5ccccc5)c5ccccc5-6)cc4c3c3ccccc23)cc1. The van der Waals surface area contributed by atoms with E-state index in [1.165, 1.54) is 55.3 Å². The molecule has 258 valence electrons. The minimum atomic E-state index is -0.493. The molecule has 1 aliphatic carbocycles. The van der Waals surface area contributed by atoms with Gasteiger partial charge in [-0.05, 0) is 104 Å². The number of anilines is 3. The van der Waals surface area contributed by atoms with Crippen LogP contribution in [0.5, 0.6) is 0 Å². The monoisotopic (exact) mass is 701 g/mol. The molecule has 9 aromatic carbocycles. The van der Waals surface area contributed by atoms with Gasteiger partial charge < -0.3 is 9.32 Å². The van der Waals surface area contributed by atoms with E-state index in [0.29, 0.717) is 0 Å². The summed E-state index contributed by atoms with van der Waals surface area (Å²) in [6.45, 7) is 0. The maximum absolute atomic E-state index is 6.67. The third-order valence-electron chi connectivity index (χ3n) is 11.5. The summed E-state index contributed by atoms with van der Waals surface area (Å²) >= 11 is 0. The quantitative estimate of drug-likeness (QED) is 0.172. The van der Waals surface area contributed by atoms with E-state index in [9.17, 15) is 0 Å². The molecule has 11 rings (SSSR count). The highest BCUT2D eigenvalue weighted by atomic mass is 16.3. The van der Waals surface area contributed by atoms with E-state index in [1.807, 2.05) is 0 Å². The topological polar surface area (TPSA) is 16.4 Å². The normalized spacial score (nSPS) is 12.9. The summed E-state index contributed by atoms with van der Waals surface area (Å²) in [6, 6.07) is 76.9. The fraction of sp³-hybridized carbons (Fsp3) is 0.0189. The lowest BCUT2D eigenvalue weighted by Crippen LogP contribution is -2.28. The molecule has 0 unspecified atom stereocenters. The lowest BCUT2D eigenvalue weighted by atomic mass is 9.67. The highest BCUT2D eigenvalue weighted by Crippen LogP contribution is 2.57. The van der Waals surface area contributed by atoms with Gasteiger partial charge in [-0.25, -0.2) is 0 Å². The zero-order chi connectivity index (χ0) is 36.3. The van der Waals surface area contributed by atoms with Crippen LogP contribution in [-0.2, 0) is 5.41 Å². The van der Waals surface area contributed by atoms with Gasteiger partial charge in [-0.15, -0.1) is 0 Å². The predicted molar refractivity (Wildman–Crippen MR) is 229 cm³/mol. The third kappa shape index (κ3) is 4.75. The number of hydrogen-bond donors (Lipinski definition) is 0. The maximum atomic E-state index is 6.67. The van der Waals surface area contributed by atoms with Gasteiger partial charge in [0.1, 0.15) is 11.2 Å². The fourth-order valence-corrected chi connectivity index (χ4v) is 9.22. The van der Waals surface area contributed by atoms with Crippen molar-refractivity contribution in [1.82, 2.24) is 0 Å². The van der Waals surface area contributed by atoms with E-state index < -0.39 is 5.41 Å². The van der Waals surface area contributed by atoms with Gasteiger partial charge in [-0.3, -0.25) is 0 Å². The van der Waals surface area contributed by atoms with E-state index >= 15 is 0 Å². The maximum Gasteiger partial charge on any atom is 0.136 e. The molecule has 0 bridgehead atoms. The Morgan fingerprint density at radius 1 is 0.345 bits per heavy atom. The molecule has 0 amide bonds. The Balaban J connectivity index is 1.16. The van der Waals surface area contributed by atoms with E-state index in [2.05, 4.69) is 217 Å². The number of rotatable bonds is 6. The average Bonchev–Trinajstić information content (AvgIpc) is 3.78. The van der Waals surface area contributed by atoms with Crippen molar-refractivity contribution in [2.75, 3.05) is 4.90 Å². The average molecular weight is 702 g/mol. The minimum Gasteiger partial charge on any atom is -0.456 e. The molecule has 0 saturated carbocycles. The first kappa shape index (κ1) is 31.4. The van der Waals surface area contributed by atoms with Crippen molar-refractivity contribution < 1.29 is 4.42 Å². The van der Waals surface area contributed by atoms with Crippen molar-refractivity contribution in [1.29, 1.82) is 0 Å². The first-order valence-corrected chi connectivity index (χ1v) is 18.9. The zero-order valence-corrected chi connectivity index (χ0v) is 30.1. The van der Waals surface area contributed by atoms with E-state index in [1.54, 1.807) is 0 Å². The van der Waals surface area contributed by atoms with Gasteiger partial charge in [-0.2, -0.15) is 0 Å². The van der Waals surface area contributed by atoms with Crippen LogP contribution >= 0.6 is 0 Å². The molecule has 10 aromatic rings. The van der Waals surface area contributed by atoms with E-state index in [4.69, 9.17) is 4.42 Å². The largest absolute Gasteiger partial charge is 0.456 e. The van der Waals surface area contributed by atoms with Gasteiger partial charge in [0.15, 0.2) is 0 Å². The number of benzene rings is 9. The highest BCUT2D eigenvalue weighted by molar-refractivity contribution is 6.22. The second kappa shape index (κ2) is 12.5. The number of para-hydroxylation sites is 1. The van der Waals surface area contributed by atoms with Crippen LogP contribution in [0.1, 0.15) is 22.3 Å². The predicted octanol–water partition coefficient (Wildman–Crippen LogP) is 14.2. The number of furan rings is 1. The van der Waals surface area contributed by atoms with Crippen LogP contribution in [0.15, 0.2) is 217 Å². The minimum absolute atomic E-state index is 0.493. The van der Waals surface area contributed by atoms with Crippen LogP contribution in [0.2, 0.25) is 0 Å². The van der Waals surface area contributed by atoms with Gasteiger partial charge >= 0.3 is 0 Å². The summed E-state index contributed by atoms with van der Waals surface area (Å²) in [5, 5.41) is 4.63. The summed E-state index contributed by atoms with van der Waals surface area (Å²) in [5.41, 5.74) is 14.5. The molecule has 0 fully saturated rings. The Morgan fingerprint density at radius 2 is 0.909 bits per heavy atom. The number of fused-ring (bicyclic) bond motifs is 8. The smallest absolute Gasteiger partial charge is 0.136 e. The Labute approximate surface area is 320 Å². The van der Waals surface area contributed by atoms with Crippen LogP contribution < -0.4 is 4.90 Å². The standard InChI is InChI=1S/C53H35NO/c1-5-17-36(18-6-1)46-35-51-52(45-27-14-13-25-42(45)46)47-33-40(30-32-50(47)55-51)54(39-23-11-4-12-24-39)41-29-31-44-43-26-15-16-28-48(43)53(49(44)34-41,37-19-7-2-8-20-37)38-21-9-3-10-22-38/h1-35H. The highest BCUT2D eigenvalue weighted by Gasteiger charge is 2.46. The Bertz CT molecular complexity index is 2980. The lowest BCUT2D eigenvalue weighted by Gasteiger charge is -2.35. The van der Waals surface area contributed by atoms with E-state index in [-0.39, 0.29) is 0 Å². The molecule has 1 aromatic heterocycles. The Hall–Kier alpha value is -7.16. The molecule has 0 saturated heterocycles. The summed E-state index contributed by atoms with van der Waals surface area (Å²) in [7, 11) is 0. The third-order valence-corrected chi connectivity index (χ3v) is 11.5. The van der Waals surface area contributed by atoms with E-state index in [0.717, 1.165) is 39.0 Å². The van der Waals surface area contributed by atoms with Crippen LogP contribution in [0.3, 0.4) is 0 Å². The van der Waals surface area contributed by atoms with Gasteiger partial charge in [0.2, 0.25) is 0 Å². The van der Waals surface area contributed by atoms with Crippen molar-refractivity contribution in [2.45, 2.75) is 5.41 Å². The molecule has 0 atom stereocenters. The first-order chi connectivity index (χ1) is 27.3. The van der Waals surface area contributed by atoms with Crippen LogP contribution in [0.4, 0.5) is 17.1 Å². The van der Waals surface area contributed by atoms with Gasteiger partial charge in [-0.1, -0.05) is 164 Å².